The van der Waals surface area contributed by atoms with E-state index >= 15 is 0 Å². The topological polar surface area (TPSA) is 37.6 Å². The molecule has 1 aliphatic rings. The lowest BCUT2D eigenvalue weighted by Crippen LogP contribution is -2.27. The fraction of sp³-hybridized carbons (Fsp3) is 0.300. The first-order valence-corrected chi connectivity index (χ1v) is 8.46. The molecular weight excluding hydrogens is 298 g/mol. The summed E-state index contributed by atoms with van der Waals surface area (Å²) >= 11 is 0. The second-order valence-electron chi connectivity index (χ2n) is 6.59. The van der Waals surface area contributed by atoms with Crippen LogP contribution in [0.4, 0.5) is 0 Å². The highest BCUT2D eigenvalue weighted by molar-refractivity contribution is 5.46. The van der Waals surface area contributed by atoms with E-state index in [1.807, 2.05) is 25.1 Å². The number of hydrogen-bond donors (Lipinski definition) is 0. The average Bonchev–Trinajstić information content (AvgIpc) is 3.41. The van der Waals surface area contributed by atoms with Crippen molar-refractivity contribution in [3.8, 4) is 0 Å². The van der Waals surface area contributed by atoms with E-state index in [4.69, 9.17) is 4.98 Å². The number of hydrogen-bond acceptors (Lipinski definition) is 3. The van der Waals surface area contributed by atoms with Gasteiger partial charge < -0.3 is 0 Å². The summed E-state index contributed by atoms with van der Waals surface area (Å²) < 4.78 is 1.62. The molecule has 3 aromatic rings. The molecule has 1 aliphatic carbocycles. The summed E-state index contributed by atoms with van der Waals surface area (Å²) in [5, 5.41) is 0. The Morgan fingerprint density at radius 3 is 2.67 bits per heavy atom. The second kappa shape index (κ2) is 6.21. The Balaban J connectivity index is 1.64. The monoisotopic (exact) mass is 319 g/mol. The minimum atomic E-state index is -0.00541. The fourth-order valence-corrected chi connectivity index (χ4v) is 3.17. The first-order chi connectivity index (χ1) is 11.7. The lowest BCUT2D eigenvalue weighted by Gasteiger charge is -2.22. The number of nitrogens with zero attached hydrogens (tertiary/aromatic N) is 3. The normalized spacial score (nSPS) is 14.4. The van der Waals surface area contributed by atoms with Crippen LogP contribution in [-0.2, 0) is 13.1 Å². The van der Waals surface area contributed by atoms with Gasteiger partial charge in [0.25, 0.3) is 5.56 Å². The van der Waals surface area contributed by atoms with E-state index in [1.54, 1.807) is 16.7 Å². The van der Waals surface area contributed by atoms with E-state index < -0.39 is 0 Å². The van der Waals surface area contributed by atoms with Crippen LogP contribution in [0.15, 0.2) is 59.5 Å². The molecule has 0 spiro atoms. The van der Waals surface area contributed by atoms with Gasteiger partial charge in [-0.2, -0.15) is 0 Å². The van der Waals surface area contributed by atoms with Gasteiger partial charge in [0.1, 0.15) is 5.65 Å². The minimum absolute atomic E-state index is 0.00541. The van der Waals surface area contributed by atoms with Gasteiger partial charge in [-0.3, -0.25) is 14.1 Å². The van der Waals surface area contributed by atoms with Gasteiger partial charge in [-0.25, -0.2) is 4.98 Å². The molecule has 24 heavy (non-hydrogen) atoms. The van der Waals surface area contributed by atoms with Crippen LogP contribution in [-0.4, -0.2) is 20.3 Å². The average molecular weight is 319 g/mol. The first kappa shape index (κ1) is 15.1. The zero-order valence-electron chi connectivity index (χ0n) is 13.9. The third-order valence-electron chi connectivity index (χ3n) is 4.60. The van der Waals surface area contributed by atoms with Crippen molar-refractivity contribution in [2.75, 3.05) is 0 Å². The van der Waals surface area contributed by atoms with Gasteiger partial charge in [0.2, 0.25) is 0 Å². The van der Waals surface area contributed by atoms with Crippen molar-refractivity contribution in [1.82, 2.24) is 14.3 Å². The number of aromatic nitrogens is 2. The molecule has 0 aliphatic heterocycles. The van der Waals surface area contributed by atoms with Crippen molar-refractivity contribution >= 4 is 5.65 Å². The molecule has 1 saturated carbocycles. The van der Waals surface area contributed by atoms with Gasteiger partial charge in [-0.15, -0.1) is 0 Å². The Kier molecular flexibility index (Phi) is 3.90. The smallest absolute Gasteiger partial charge is 0.258 e. The van der Waals surface area contributed by atoms with Gasteiger partial charge in [-0.1, -0.05) is 36.4 Å². The molecule has 2 aromatic heterocycles. The Morgan fingerprint density at radius 1 is 1.12 bits per heavy atom. The molecule has 1 aromatic carbocycles. The second-order valence-corrected chi connectivity index (χ2v) is 6.59. The van der Waals surface area contributed by atoms with Gasteiger partial charge >= 0.3 is 0 Å². The molecule has 0 atom stereocenters. The summed E-state index contributed by atoms with van der Waals surface area (Å²) in [5.41, 5.74) is 3.94. The van der Waals surface area contributed by atoms with Crippen LogP contribution in [0.3, 0.4) is 0 Å². The highest BCUT2D eigenvalue weighted by Gasteiger charge is 2.29. The standard InChI is InChI=1S/C20H21N3O/c1-15-6-5-11-23-19(24)12-17(21-20(15)23)14-22(18-9-10-18)13-16-7-3-2-4-8-16/h2-8,11-12,18H,9-10,13-14H2,1H3. The minimum Gasteiger partial charge on any atom is -0.290 e. The number of pyridine rings is 1. The van der Waals surface area contributed by atoms with Gasteiger partial charge in [0, 0.05) is 31.4 Å². The van der Waals surface area contributed by atoms with Gasteiger partial charge in [0.05, 0.1) is 5.69 Å². The van der Waals surface area contributed by atoms with Crippen LogP contribution in [0.2, 0.25) is 0 Å². The number of aryl methyl sites for hydroxylation is 1. The van der Waals surface area contributed by atoms with Gasteiger partial charge in [0.15, 0.2) is 0 Å². The summed E-state index contributed by atoms with van der Waals surface area (Å²) in [4.78, 5) is 19.6. The van der Waals surface area contributed by atoms with E-state index in [1.165, 1.54) is 18.4 Å². The van der Waals surface area contributed by atoms with Gasteiger partial charge in [-0.05, 0) is 37.0 Å². The summed E-state index contributed by atoms with van der Waals surface area (Å²) in [5.74, 6) is 0. The number of fused-ring (bicyclic) bond motifs is 1. The fourth-order valence-electron chi connectivity index (χ4n) is 3.17. The third kappa shape index (κ3) is 3.10. The lowest BCUT2D eigenvalue weighted by molar-refractivity contribution is 0.243. The predicted molar refractivity (Wildman–Crippen MR) is 94.9 cm³/mol. The van der Waals surface area contributed by atoms with Crippen LogP contribution in [0.25, 0.3) is 5.65 Å². The van der Waals surface area contributed by atoms with Crippen molar-refractivity contribution in [3.63, 3.8) is 0 Å². The molecule has 0 amide bonds. The highest BCUT2D eigenvalue weighted by Crippen LogP contribution is 2.29. The molecule has 2 heterocycles. The summed E-state index contributed by atoms with van der Waals surface area (Å²) in [6, 6.07) is 16.7. The molecule has 122 valence electrons. The van der Waals surface area contributed by atoms with Crippen LogP contribution >= 0.6 is 0 Å². The van der Waals surface area contributed by atoms with E-state index in [9.17, 15) is 4.79 Å². The molecule has 0 bridgehead atoms. The first-order valence-electron chi connectivity index (χ1n) is 8.46. The van der Waals surface area contributed by atoms with Crippen molar-refractivity contribution in [3.05, 3.63) is 81.9 Å². The molecule has 1 fully saturated rings. The van der Waals surface area contributed by atoms with Crippen molar-refractivity contribution in [2.24, 2.45) is 0 Å². The van der Waals surface area contributed by atoms with E-state index in [0.717, 1.165) is 30.0 Å². The molecule has 0 saturated heterocycles. The molecule has 4 nitrogen and oxygen atoms in total. The lowest BCUT2D eigenvalue weighted by atomic mass is 10.2. The molecular formula is C20H21N3O. The van der Waals surface area contributed by atoms with Crippen LogP contribution in [0.1, 0.15) is 29.7 Å². The highest BCUT2D eigenvalue weighted by atomic mass is 16.1. The molecule has 4 rings (SSSR count). The maximum Gasteiger partial charge on any atom is 0.258 e. The summed E-state index contributed by atoms with van der Waals surface area (Å²) in [6.45, 7) is 3.62. The maximum atomic E-state index is 12.4. The predicted octanol–water partition coefficient (Wildman–Crippen LogP) is 3.17. The Hall–Kier alpha value is -2.46. The quantitative estimate of drug-likeness (QED) is 0.725. The summed E-state index contributed by atoms with van der Waals surface area (Å²) in [6.07, 6.45) is 4.25. The molecule has 4 heteroatoms. The van der Waals surface area contributed by atoms with E-state index in [0.29, 0.717) is 6.04 Å². The SMILES string of the molecule is Cc1cccn2c(=O)cc(CN(Cc3ccccc3)C3CC3)nc12. The zero-order chi connectivity index (χ0) is 16.5. The number of benzene rings is 1. The van der Waals surface area contributed by atoms with Crippen LogP contribution < -0.4 is 5.56 Å². The van der Waals surface area contributed by atoms with E-state index in [-0.39, 0.29) is 5.56 Å². The van der Waals surface area contributed by atoms with Crippen LogP contribution in [0.5, 0.6) is 0 Å². The Bertz CT molecular complexity index is 913. The largest absolute Gasteiger partial charge is 0.290 e. The Labute approximate surface area is 141 Å². The summed E-state index contributed by atoms with van der Waals surface area (Å²) in [7, 11) is 0. The zero-order valence-corrected chi connectivity index (χ0v) is 13.9. The van der Waals surface area contributed by atoms with Crippen LogP contribution in [0, 0.1) is 6.92 Å². The molecule has 0 radical (unpaired) electrons. The van der Waals surface area contributed by atoms with Crippen molar-refractivity contribution < 1.29 is 0 Å². The number of rotatable bonds is 5. The molecule has 0 unspecified atom stereocenters. The Morgan fingerprint density at radius 2 is 1.92 bits per heavy atom. The molecule has 0 N–H and O–H groups in total. The maximum absolute atomic E-state index is 12.4. The van der Waals surface area contributed by atoms with Crippen molar-refractivity contribution in [2.45, 2.75) is 38.9 Å². The third-order valence-corrected chi connectivity index (χ3v) is 4.60. The van der Waals surface area contributed by atoms with E-state index in [2.05, 4.69) is 29.2 Å². The van der Waals surface area contributed by atoms with Crippen molar-refractivity contribution in [1.29, 1.82) is 0 Å².